The Morgan fingerprint density at radius 2 is 1.76 bits per heavy atom. The maximum absolute atomic E-state index is 13.1. The summed E-state index contributed by atoms with van der Waals surface area (Å²) in [6, 6.07) is 14.5. The number of unbranched alkanes of at least 4 members (excludes halogenated alkanes) is 1. The van der Waals surface area contributed by atoms with E-state index >= 15 is 0 Å². The van der Waals surface area contributed by atoms with Crippen molar-refractivity contribution in [2.75, 3.05) is 10.6 Å². The zero-order chi connectivity index (χ0) is 20.4. The predicted molar refractivity (Wildman–Crippen MR) is 123 cm³/mol. The molecule has 2 aromatic heterocycles. The Morgan fingerprint density at radius 1 is 1.03 bits per heavy atom. The SMILES string of the molecule is CCCCn1c2ccc(NC(=S)Nc3ccc(F)cc3)cc2c2ccnc(C)c21. The van der Waals surface area contributed by atoms with Gasteiger partial charge in [-0.3, -0.25) is 4.98 Å². The van der Waals surface area contributed by atoms with Crippen LogP contribution < -0.4 is 10.6 Å². The molecule has 2 heterocycles. The third kappa shape index (κ3) is 3.93. The molecule has 4 nitrogen and oxygen atoms in total. The van der Waals surface area contributed by atoms with Gasteiger partial charge in [0.25, 0.3) is 0 Å². The van der Waals surface area contributed by atoms with Gasteiger partial charge in [0.15, 0.2) is 5.11 Å². The highest BCUT2D eigenvalue weighted by atomic mass is 32.1. The summed E-state index contributed by atoms with van der Waals surface area (Å²) in [5, 5.41) is 9.15. The number of nitrogens with zero attached hydrogens (tertiary/aromatic N) is 2. The Bertz CT molecular complexity index is 1180. The Balaban J connectivity index is 1.66. The molecule has 0 aliphatic rings. The van der Waals surface area contributed by atoms with Crippen LogP contribution in [0.1, 0.15) is 25.5 Å². The fourth-order valence-electron chi connectivity index (χ4n) is 3.68. The van der Waals surface area contributed by atoms with Crippen molar-refractivity contribution >= 4 is 50.5 Å². The van der Waals surface area contributed by atoms with E-state index < -0.39 is 0 Å². The standard InChI is InChI=1S/C23H23FN4S/c1-3-4-13-28-21-10-9-18(14-20(21)19-11-12-25-15(2)22(19)28)27-23(29)26-17-7-5-16(24)6-8-17/h5-12,14H,3-4,13H2,1-2H3,(H2,26,27,29). The number of benzene rings is 2. The van der Waals surface area contributed by atoms with E-state index in [9.17, 15) is 4.39 Å². The molecule has 0 atom stereocenters. The van der Waals surface area contributed by atoms with Gasteiger partial charge in [0, 0.05) is 40.4 Å². The van der Waals surface area contributed by atoms with Gasteiger partial charge in [-0.1, -0.05) is 13.3 Å². The lowest BCUT2D eigenvalue weighted by atomic mass is 10.1. The van der Waals surface area contributed by atoms with E-state index in [2.05, 4.69) is 52.2 Å². The Hall–Kier alpha value is -2.99. The van der Waals surface area contributed by atoms with Crippen molar-refractivity contribution in [3.05, 3.63) is 66.2 Å². The van der Waals surface area contributed by atoms with E-state index in [1.165, 1.54) is 33.9 Å². The predicted octanol–water partition coefficient (Wildman–Crippen LogP) is 6.25. The molecule has 0 saturated carbocycles. The van der Waals surface area contributed by atoms with Crippen LogP contribution in [-0.4, -0.2) is 14.7 Å². The average molecular weight is 407 g/mol. The second-order valence-corrected chi connectivity index (χ2v) is 7.52. The van der Waals surface area contributed by atoms with E-state index in [4.69, 9.17) is 12.2 Å². The first-order valence-electron chi connectivity index (χ1n) is 9.78. The summed E-state index contributed by atoms with van der Waals surface area (Å²) in [6.07, 6.45) is 4.13. The molecule has 0 spiro atoms. The molecule has 29 heavy (non-hydrogen) atoms. The van der Waals surface area contributed by atoms with E-state index in [1.807, 2.05) is 12.3 Å². The first-order chi connectivity index (χ1) is 14.1. The minimum absolute atomic E-state index is 0.274. The van der Waals surface area contributed by atoms with Gasteiger partial charge in [0.1, 0.15) is 5.82 Å². The summed E-state index contributed by atoms with van der Waals surface area (Å²) in [7, 11) is 0. The van der Waals surface area contributed by atoms with Crippen LogP contribution in [0.25, 0.3) is 21.8 Å². The van der Waals surface area contributed by atoms with Gasteiger partial charge in [-0.2, -0.15) is 0 Å². The van der Waals surface area contributed by atoms with Crippen molar-refractivity contribution in [2.24, 2.45) is 0 Å². The Morgan fingerprint density at radius 3 is 2.52 bits per heavy atom. The number of aryl methyl sites for hydroxylation is 2. The van der Waals surface area contributed by atoms with Crippen LogP contribution in [0.3, 0.4) is 0 Å². The number of anilines is 2. The quantitative estimate of drug-likeness (QED) is 0.385. The number of rotatable bonds is 5. The highest BCUT2D eigenvalue weighted by Gasteiger charge is 2.13. The highest BCUT2D eigenvalue weighted by Crippen LogP contribution is 2.32. The van der Waals surface area contributed by atoms with E-state index in [1.54, 1.807) is 12.1 Å². The maximum Gasteiger partial charge on any atom is 0.175 e. The van der Waals surface area contributed by atoms with Gasteiger partial charge in [-0.05, 0) is 74.1 Å². The Labute approximate surface area is 174 Å². The highest BCUT2D eigenvalue weighted by molar-refractivity contribution is 7.80. The van der Waals surface area contributed by atoms with Crippen molar-refractivity contribution in [3.8, 4) is 0 Å². The molecule has 148 valence electrons. The molecule has 0 aliphatic carbocycles. The summed E-state index contributed by atoms with van der Waals surface area (Å²) in [5.41, 5.74) is 5.08. The summed E-state index contributed by atoms with van der Waals surface area (Å²) in [6.45, 7) is 5.24. The van der Waals surface area contributed by atoms with Gasteiger partial charge in [0.2, 0.25) is 0 Å². The number of halogens is 1. The first-order valence-corrected chi connectivity index (χ1v) is 10.2. The topological polar surface area (TPSA) is 41.9 Å². The van der Waals surface area contributed by atoms with Crippen LogP contribution >= 0.6 is 12.2 Å². The van der Waals surface area contributed by atoms with Crippen LogP contribution in [-0.2, 0) is 6.54 Å². The first kappa shape index (κ1) is 19.3. The summed E-state index contributed by atoms with van der Waals surface area (Å²) >= 11 is 5.42. The van der Waals surface area contributed by atoms with Crippen LogP contribution in [0.2, 0.25) is 0 Å². The van der Waals surface area contributed by atoms with Gasteiger partial charge in [-0.25, -0.2) is 4.39 Å². The third-order valence-corrected chi connectivity index (χ3v) is 5.25. The molecule has 0 bridgehead atoms. The molecule has 0 radical (unpaired) electrons. The smallest absolute Gasteiger partial charge is 0.175 e. The normalized spacial score (nSPS) is 11.1. The third-order valence-electron chi connectivity index (χ3n) is 5.05. The van der Waals surface area contributed by atoms with Crippen LogP contribution in [0, 0.1) is 12.7 Å². The zero-order valence-corrected chi connectivity index (χ0v) is 17.3. The minimum Gasteiger partial charge on any atom is -0.339 e. The number of aromatic nitrogens is 2. The monoisotopic (exact) mass is 406 g/mol. The second kappa shape index (κ2) is 8.17. The molecule has 0 amide bonds. The van der Waals surface area contributed by atoms with Crippen LogP contribution in [0.5, 0.6) is 0 Å². The summed E-state index contributed by atoms with van der Waals surface area (Å²) in [5.74, 6) is -0.274. The molecule has 4 rings (SSSR count). The molecule has 0 fully saturated rings. The molecule has 4 aromatic rings. The van der Waals surface area contributed by atoms with Crippen molar-refractivity contribution in [1.82, 2.24) is 9.55 Å². The molecule has 0 saturated heterocycles. The lowest BCUT2D eigenvalue weighted by Crippen LogP contribution is -2.18. The molecular formula is C23H23FN4S. The van der Waals surface area contributed by atoms with Gasteiger partial charge in [-0.15, -0.1) is 0 Å². The van der Waals surface area contributed by atoms with Crippen LogP contribution in [0.15, 0.2) is 54.7 Å². The lowest BCUT2D eigenvalue weighted by Gasteiger charge is -2.11. The summed E-state index contributed by atoms with van der Waals surface area (Å²) in [4.78, 5) is 4.50. The second-order valence-electron chi connectivity index (χ2n) is 7.12. The zero-order valence-electron chi connectivity index (χ0n) is 16.5. The van der Waals surface area contributed by atoms with Gasteiger partial charge < -0.3 is 15.2 Å². The number of fused-ring (bicyclic) bond motifs is 3. The number of hydrogen-bond acceptors (Lipinski definition) is 2. The number of hydrogen-bond donors (Lipinski definition) is 2. The van der Waals surface area contributed by atoms with E-state index in [0.29, 0.717) is 5.11 Å². The Kier molecular flexibility index (Phi) is 5.45. The fourth-order valence-corrected chi connectivity index (χ4v) is 3.91. The van der Waals surface area contributed by atoms with Crippen molar-refractivity contribution < 1.29 is 4.39 Å². The fraction of sp³-hybridized carbons (Fsp3) is 0.217. The van der Waals surface area contributed by atoms with E-state index in [-0.39, 0.29) is 5.82 Å². The summed E-state index contributed by atoms with van der Waals surface area (Å²) < 4.78 is 15.4. The molecule has 6 heteroatoms. The minimum atomic E-state index is -0.274. The number of thiocarbonyl (C=S) groups is 1. The molecule has 0 unspecified atom stereocenters. The molecule has 2 N–H and O–H groups in total. The van der Waals surface area contributed by atoms with Crippen molar-refractivity contribution in [3.63, 3.8) is 0 Å². The number of pyridine rings is 1. The van der Waals surface area contributed by atoms with Gasteiger partial charge >= 0.3 is 0 Å². The van der Waals surface area contributed by atoms with E-state index in [0.717, 1.165) is 36.5 Å². The van der Waals surface area contributed by atoms with Crippen molar-refractivity contribution in [2.45, 2.75) is 33.2 Å². The van der Waals surface area contributed by atoms with Crippen molar-refractivity contribution in [1.29, 1.82) is 0 Å². The largest absolute Gasteiger partial charge is 0.339 e. The average Bonchev–Trinajstić information content (AvgIpc) is 3.02. The molecule has 0 aliphatic heterocycles. The molecule has 2 aromatic carbocycles. The number of nitrogens with one attached hydrogen (secondary N) is 2. The van der Waals surface area contributed by atoms with Crippen LogP contribution in [0.4, 0.5) is 15.8 Å². The molecular weight excluding hydrogens is 383 g/mol. The maximum atomic E-state index is 13.1. The van der Waals surface area contributed by atoms with Gasteiger partial charge in [0.05, 0.1) is 11.2 Å². The lowest BCUT2D eigenvalue weighted by molar-refractivity contribution is 0.628.